The summed E-state index contributed by atoms with van der Waals surface area (Å²) in [6, 6.07) is 10.0. The molecular weight excluding hydrogens is 306 g/mol. The van der Waals surface area contributed by atoms with Crippen molar-refractivity contribution in [2.24, 2.45) is 0 Å². The van der Waals surface area contributed by atoms with Crippen LogP contribution < -0.4 is 15.6 Å². The Balaban J connectivity index is 1.77. The van der Waals surface area contributed by atoms with E-state index in [1.165, 1.54) is 10.7 Å². The molecule has 7 heteroatoms. The minimum atomic E-state index is -0.291. The third kappa shape index (κ3) is 4.60. The molecule has 0 saturated heterocycles. The lowest BCUT2D eigenvalue weighted by molar-refractivity contribution is -0.123. The van der Waals surface area contributed by atoms with Gasteiger partial charge in [-0.1, -0.05) is 23.7 Å². The van der Waals surface area contributed by atoms with Crippen molar-refractivity contribution < 1.29 is 9.53 Å². The molecule has 0 aliphatic heterocycles. The number of para-hydroxylation sites is 1. The molecule has 0 atom stereocenters. The summed E-state index contributed by atoms with van der Waals surface area (Å²) in [6.07, 6.45) is 0. The third-order valence-electron chi connectivity index (χ3n) is 2.84. The van der Waals surface area contributed by atoms with Gasteiger partial charge >= 0.3 is 0 Å². The van der Waals surface area contributed by atoms with E-state index in [9.17, 15) is 9.59 Å². The number of amides is 1. The van der Waals surface area contributed by atoms with Gasteiger partial charge in [-0.25, -0.2) is 4.68 Å². The first-order chi connectivity index (χ1) is 10.6. The van der Waals surface area contributed by atoms with Crippen molar-refractivity contribution in [3.63, 3.8) is 0 Å². The van der Waals surface area contributed by atoms with Crippen molar-refractivity contribution in [1.29, 1.82) is 0 Å². The number of nitrogens with one attached hydrogen (secondary N) is 1. The van der Waals surface area contributed by atoms with E-state index < -0.39 is 0 Å². The fourth-order valence-corrected chi connectivity index (χ4v) is 1.96. The van der Waals surface area contributed by atoms with Crippen LogP contribution in [-0.4, -0.2) is 28.8 Å². The largest absolute Gasteiger partial charge is 0.482 e. The van der Waals surface area contributed by atoms with Gasteiger partial charge < -0.3 is 10.1 Å². The molecule has 2 aromatic rings. The summed E-state index contributed by atoms with van der Waals surface area (Å²) in [7, 11) is 0. The van der Waals surface area contributed by atoms with Gasteiger partial charge in [0, 0.05) is 12.6 Å². The zero-order valence-electron chi connectivity index (χ0n) is 12.1. The summed E-state index contributed by atoms with van der Waals surface area (Å²) in [5, 5.41) is 7.19. The maximum absolute atomic E-state index is 11.7. The van der Waals surface area contributed by atoms with E-state index in [1.807, 2.05) is 0 Å². The number of carbonyl (C=O) groups excluding carboxylic acids is 1. The fourth-order valence-electron chi connectivity index (χ4n) is 1.77. The zero-order valence-corrected chi connectivity index (χ0v) is 12.8. The predicted molar refractivity (Wildman–Crippen MR) is 83.2 cm³/mol. The maximum atomic E-state index is 11.7. The molecule has 0 fully saturated rings. The highest BCUT2D eigenvalue weighted by molar-refractivity contribution is 6.32. The lowest BCUT2D eigenvalue weighted by atomic mass is 10.3. The van der Waals surface area contributed by atoms with Crippen LogP contribution in [0.1, 0.15) is 5.69 Å². The van der Waals surface area contributed by atoms with Gasteiger partial charge in [0.15, 0.2) is 6.61 Å². The van der Waals surface area contributed by atoms with E-state index in [0.717, 1.165) is 5.69 Å². The number of ether oxygens (including phenoxy) is 1. The van der Waals surface area contributed by atoms with Crippen molar-refractivity contribution in [3.05, 3.63) is 57.5 Å². The molecule has 1 N–H and O–H groups in total. The average molecular weight is 322 g/mol. The smallest absolute Gasteiger partial charge is 0.266 e. The summed E-state index contributed by atoms with van der Waals surface area (Å²) < 4.78 is 6.63. The number of carbonyl (C=O) groups is 1. The standard InChI is InChI=1S/C15H16ClN3O3/c1-11-6-7-15(21)19(18-11)9-8-17-14(20)10-22-13-5-3-2-4-12(13)16/h2-7H,8-10H2,1H3,(H,17,20). The second-order valence-electron chi connectivity index (χ2n) is 4.61. The lowest BCUT2D eigenvalue weighted by Gasteiger charge is -2.09. The quantitative estimate of drug-likeness (QED) is 0.873. The van der Waals surface area contributed by atoms with E-state index in [1.54, 1.807) is 37.3 Å². The summed E-state index contributed by atoms with van der Waals surface area (Å²) in [4.78, 5) is 23.2. The van der Waals surface area contributed by atoms with Gasteiger partial charge in [0.25, 0.3) is 11.5 Å². The Kier molecular flexibility index (Phi) is 5.55. The van der Waals surface area contributed by atoms with Gasteiger partial charge in [0.1, 0.15) is 5.75 Å². The van der Waals surface area contributed by atoms with Gasteiger partial charge in [-0.15, -0.1) is 0 Å². The molecule has 116 valence electrons. The average Bonchev–Trinajstić information content (AvgIpc) is 2.50. The van der Waals surface area contributed by atoms with Gasteiger partial charge in [0.05, 0.1) is 17.3 Å². The number of aromatic nitrogens is 2. The molecule has 1 aromatic carbocycles. The van der Waals surface area contributed by atoms with Crippen LogP contribution in [0.5, 0.6) is 5.75 Å². The third-order valence-corrected chi connectivity index (χ3v) is 3.15. The van der Waals surface area contributed by atoms with Gasteiger partial charge in [-0.05, 0) is 25.1 Å². The molecule has 0 bridgehead atoms. The number of aryl methyl sites for hydroxylation is 1. The Morgan fingerprint density at radius 1 is 1.32 bits per heavy atom. The highest BCUT2D eigenvalue weighted by Crippen LogP contribution is 2.22. The van der Waals surface area contributed by atoms with Crippen LogP contribution in [0.2, 0.25) is 5.02 Å². The summed E-state index contributed by atoms with van der Waals surface area (Å²) in [6.45, 7) is 2.26. The molecule has 2 rings (SSSR count). The van der Waals surface area contributed by atoms with Crippen LogP contribution in [0.15, 0.2) is 41.2 Å². The first kappa shape index (κ1) is 16.0. The number of hydrogen-bond acceptors (Lipinski definition) is 4. The van der Waals surface area contributed by atoms with Crippen LogP contribution in [-0.2, 0) is 11.3 Å². The van der Waals surface area contributed by atoms with Crippen molar-refractivity contribution >= 4 is 17.5 Å². The molecule has 1 amide bonds. The maximum Gasteiger partial charge on any atom is 0.266 e. The topological polar surface area (TPSA) is 73.2 Å². The molecule has 6 nitrogen and oxygen atoms in total. The molecule has 0 unspecified atom stereocenters. The number of hydrogen-bond donors (Lipinski definition) is 1. The lowest BCUT2D eigenvalue weighted by Crippen LogP contribution is -2.34. The van der Waals surface area contributed by atoms with Crippen molar-refractivity contribution in [2.75, 3.05) is 13.2 Å². The van der Waals surface area contributed by atoms with Crippen molar-refractivity contribution in [2.45, 2.75) is 13.5 Å². The van der Waals surface area contributed by atoms with Gasteiger partial charge in [0.2, 0.25) is 0 Å². The molecule has 0 aliphatic carbocycles. The predicted octanol–water partition coefficient (Wildman–Crippen LogP) is 1.40. The van der Waals surface area contributed by atoms with Gasteiger partial charge in [-0.3, -0.25) is 9.59 Å². The number of nitrogens with zero attached hydrogens (tertiary/aromatic N) is 2. The van der Waals surface area contributed by atoms with E-state index in [0.29, 0.717) is 23.9 Å². The second-order valence-corrected chi connectivity index (χ2v) is 5.01. The van der Waals surface area contributed by atoms with Crippen LogP contribution in [0.4, 0.5) is 0 Å². The molecule has 1 aromatic heterocycles. The summed E-state index contributed by atoms with van der Waals surface area (Å²) in [5.74, 6) is 0.163. The summed E-state index contributed by atoms with van der Waals surface area (Å²) >= 11 is 5.92. The Hall–Kier alpha value is -2.34. The number of benzene rings is 1. The Labute approximate surface area is 132 Å². The second kappa shape index (κ2) is 7.61. The normalized spacial score (nSPS) is 10.3. The van der Waals surface area contributed by atoms with Crippen LogP contribution in [0.3, 0.4) is 0 Å². The fraction of sp³-hybridized carbons (Fsp3) is 0.267. The first-order valence-corrected chi connectivity index (χ1v) is 7.13. The Bertz CT molecular complexity index is 715. The van der Waals surface area contributed by atoms with Crippen molar-refractivity contribution in [3.8, 4) is 5.75 Å². The molecule has 22 heavy (non-hydrogen) atoms. The van der Waals surface area contributed by atoms with Crippen LogP contribution in [0.25, 0.3) is 0 Å². The summed E-state index contributed by atoms with van der Waals surface area (Å²) in [5.41, 5.74) is 0.542. The number of rotatable bonds is 6. The van der Waals surface area contributed by atoms with E-state index >= 15 is 0 Å². The SMILES string of the molecule is Cc1ccc(=O)n(CCNC(=O)COc2ccccc2Cl)n1. The molecule has 1 heterocycles. The van der Waals surface area contributed by atoms with Crippen LogP contribution >= 0.6 is 11.6 Å². The minimum Gasteiger partial charge on any atom is -0.482 e. The highest BCUT2D eigenvalue weighted by Gasteiger charge is 2.05. The number of halogens is 1. The molecule has 0 saturated carbocycles. The first-order valence-electron chi connectivity index (χ1n) is 6.75. The van der Waals surface area contributed by atoms with Crippen molar-refractivity contribution in [1.82, 2.24) is 15.1 Å². The molecule has 0 spiro atoms. The Morgan fingerprint density at radius 3 is 2.86 bits per heavy atom. The molecular formula is C15H16ClN3O3. The highest BCUT2D eigenvalue weighted by atomic mass is 35.5. The van der Waals surface area contributed by atoms with E-state index in [-0.39, 0.29) is 18.1 Å². The molecule has 0 radical (unpaired) electrons. The van der Waals surface area contributed by atoms with Gasteiger partial charge in [-0.2, -0.15) is 5.10 Å². The Morgan fingerprint density at radius 2 is 2.09 bits per heavy atom. The minimum absolute atomic E-state index is 0.139. The van der Waals surface area contributed by atoms with E-state index in [4.69, 9.17) is 16.3 Å². The van der Waals surface area contributed by atoms with E-state index in [2.05, 4.69) is 10.4 Å². The zero-order chi connectivity index (χ0) is 15.9. The molecule has 0 aliphatic rings. The monoisotopic (exact) mass is 321 g/mol. The van der Waals surface area contributed by atoms with Crippen LogP contribution in [0, 0.1) is 6.92 Å².